The molecule has 1 saturated heterocycles. The molecule has 2 aliphatic rings. The highest BCUT2D eigenvalue weighted by molar-refractivity contribution is 5.80. The van der Waals surface area contributed by atoms with Crippen molar-refractivity contribution in [3.05, 3.63) is 35.9 Å². The number of hydrogen-bond acceptors (Lipinski definition) is 4. The van der Waals surface area contributed by atoms with Crippen molar-refractivity contribution in [2.24, 2.45) is 10.7 Å². The minimum Gasteiger partial charge on any atom is -0.376 e. The number of rotatable bonds is 4. The Balaban J connectivity index is 1.71. The zero-order valence-corrected chi connectivity index (χ0v) is 12.0. The van der Waals surface area contributed by atoms with Gasteiger partial charge in [-0.2, -0.15) is 0 Å². The van der Waals surface area contributed by atoms with Crippen molar-refractivity contribution >= 4 is 5.96 Å². The van der Waals surface area contributed by atoms with E-state index in [-0.39, 0.29) is 0 Å². The summed E-state index contributed by atoms with van der Waals surface area (Å²) in [6, 6.07) is 11.0. The highest BCUT2D eigenvalue weighted by Gasteiger charge is 2.33. The van der Waals surface area contributed by atoms with E-state index in [0.29, 0.717) is 24.0 Å². The van der Waals surface area contributed by atoms with Crippen molar-refractivity contribution in [2.45, 2.75) is 37.8 Å². The van der Waals surface area contributed by atoms with Crippen LogP contribution in [0.1, 0.15) is 31.2 Å². The lowest BCUT2D eigenvalue weighted by atomic mass is 9.92. The van der Waals surface area contributed by atoms with Gasteiger partial charge in [-0.15, -0.1) is 0 Å². The van der Waals surface area contributed by atoms with E-state index in [9.17, 15) is 0 Å². The number of hydrogen-bond donors (Lipinski definition) is 1. The Morgan fingerprint density at radius 2 is 2.20 bits per heavy atom. The summed E-state index contributed by atoms with van der Waals surface area (Å²) in [5, 5.41) is 0. The molecule has 0 amide bonds. The lowest BCUT2D eigenvalue weighted by Gasteiger charge is -2.32. The first-order chi connectivity index (χ1) is 9.75. The quantitative estimate of drug-likeness (QED) is 0.912. The van der Waals surface area contributed by atoms with Crippen LogP contribution in [0.5, 0.6) is 0 Å². The average Bonchev–Trinajstić information content (AvgIpc) is 3.11. The van der Waals surface area contributed by atoms with Gasteiger partial charge in [-0.25, -0.2) is 0 Å². The number of nitrogens with two attached hydrogens (primary N) is 1. The Morgan fingerprint density at radius 1 is 1.40 bits per heavy atom. The van der Waals surface area contributed by atoms with Crippen LogP contribution < -0.4 is 5.73 Å². The molecule has 20 heavy (non-hydrogen) atoms. The predicted molar refractivity (Wildman–Crippen MR) is 80.8 cm³/mol. The molecule has 0 saturated carbocycles. The molecule has 2 N–H and O–H groups in total. The van der Waals surface area contributed by atoms with Gasteiger partial charge in [0, 0.05) is 19.1 Å². The summed E-state index contributed by atoms with van der Waals surface area (Å²) in [6.07, 6.45) is 2.61. The zero-order chi connectivity index (χ0) is 13.9. The van der Waals surface area contributed by atoms with Gasteiger partial charge in [-0.1, -0.05) is 37.3 Å². The van der Waals surface area contributed by atoms with E-state index < -0.39 is 0 Å². The van der Waals surface area contributed by atoms with Gasteiger partial charge in [0.15, 0.2) is 5.96 Å². The van der Waals surface area contributed by atoms with Gasteiger partial charge < -0.3 is 15.4 Å². The second-order valence-corrected chi connectivity index (χ2v) is 5.75. The van der Waals surface area contributed by atoms with Crippen LogP contribution >= 0.6 is 0 Å². The highest BCUT2D eigenvalue weighted by atomic mass is 16.5. The number of guanidine groups is 1. The molecule has 3 atom stereocenters. The maximum absolute atomic E-state index is 6.08. The summed E-state index contributed by atoms with van der Waals surface area (Å²) < 4.78 is 5.74. The molecular weight excluding hydrogens is 250 g/mol. The molecule has 0 spiro atoms. The van der Waals surface area contributed by atoms with Crippen LogP contribution in [0.4, 0.5) is 0 Å². The smallest absolute Gasteiger partial charge is 0.191 e. The minimum atomic E-state index is 0.312. The standard InChI is InChI=1S/C16H23N3O/c1-12(13-6-3-2-4-7-13)15-10-18-16(17)19(15)11-14-8-5-9-20-14/h2-4,6-7,12,14-15H,5,8-11H2,1H3,(H2,17,18). The van der Waals surface area contributed by atoms with Gasteiger partial charge in [0.25, 0.3) is 0 Å². The Labute approximate surface area is 120 Å². The van der Waals surface area contributed by atoms with Crippen molar-refractivity contribution in [3.63, 3.8) is 0 Å². The zero-order valence-electron chi connectivity index (χ0n) is 12.0. The number of ether oxygens (including phenoxy) is 1. The third-order valence-corrected chi connectivity index (χ3v) is 4.46. The fourth-order valence-corrected chi connectivity index (χ4v) is 3.19. The maximum Gasteiger partial charge on any atom is 0.191 e. The van der Waals surface area contributed by atoms with Gasteiger partial charge in [0.2, 0.25) is 0 Å². The fraction of sp³-hybridized carbons (Fsp3) is 0.562. The van der Waals surface area contributed by atoms with Crippen LogP contribution in [0, 0.1) is 0 Å². The Hall–Kier alpha value is -1.55. The Kier molecular flexibility index (Phi) is 3.92. The molecule has 0 aromatic heterocycles. The van der Waals surface area contributed by atoms with E-state index in [1.54, 1.807) is 0 Å². The van der Waals surface area contributed by atoms with E-state index >= 15 is 0 Å². The summed E-state index contributed by atoms with van der Waals surface area (Å²) in [5.41, 5.74) is 7.43. The molecule has 0 radical (unpaired) electrons. The normalized spacial score (nSPS) is 27.6. The first kappa shape index (κ1) is 13.4. The van der Waals surface area contributed by atoms with E-state index in [0.717, 1.165) is 32.5 Å². The largest absolute Gasteiger partial charge is 0.376 e. The van der Waals surface area contributed by atoms with Gasteiger partial charge in [-0.05, 0) is 18.4 Å². The molecule has 2 aliphatic heterocycles. The van der Waals surface area contributed by atoms with Gasteiger partial charge >= 0.3 is 0 Å². The fourth-order valence-electron chi connectivity index (χ4n) is 3.19. The van der Waals surface area contributed by atoms with E-state index in [4.69, 9.17) is 10.5 Å². The first-order valence-corrected chi connectivity index (χ1v) is 7.49. The van der Waals surface area contributed by atoms with Crippen LogP contribution in [0.3, 0.4) is 0 Å². The molecule has 3 unspecified atom stereocenters. The summed E-state index contributed by atoms with van der Waals surface area (Å²) in [7, 11) is 0. The summed E-state index contributed by atoms with van der Waals surface area (Å²) >= 11 is 0. The molecule has 0 aliphatic carbocycles. The van der Waals surface area contributed by atoms with Gasteiger partial charge in [0.1, 0.15) is 0 Å². The van der Waals surface area contributed by atoms with Crippen molar-refractivity contribution in [2.75, 3.05) is 19.7 Å². The molecular formula is C16H23N3O. The van der Waals surface area contributed by atoms with Crippen LogP contribution in [-0.2, 0) is 4.74 Å². The van der Waals surface area contributed by atoms with Gasteiger partial charge in [0.05, 0.1) is 18.7 Å². The number of aliphatic imine (C=N–C) groups is 1. The molecule has 3 rings (SSSR count). The molecule has 1 aromatic carbocycles. The van der Waals surface area contributed by atoms with Gasteiger partial charge in [-0.3, -0.25) is 4.99 Å². The third-order valence-electron chi connectivity index (χ3n) is 4.46. The van der Waals surface area contributed by atoms with Crippen molar-refractivity contribution in [1.29, 1.82) is 0 Å². The SMILES string of the molecule is CC(c1ccccc1)C1CN=C(N)N1CC1CCCO1. The monoisotopic (exact) mass is 273 g/mol. The van der Waals surface area contributed by atoms with Crippen molar-refractivity contribution in [1.82, 2.24) is 4.90 Å². The third kappa shape index (κ3) is 2.66. The van der Waals surface area contributed by atoms with Crippen LogP contribution in [0.25, 0.3) is 0 Å². The molecule has 0 bridgehead atoms. The summed E-state index contributed by atoms with van der Waals surface area (Å²) in [6.45, 7) is 4.80. The minimum absolute atomic E-state index is 0.312. The average molecular weight is 273 g/mol. The van der Waals surface area contributed by atoms with Crippen molar-refractivity contribution in [3.8, 4) is 0 Å². The second-order valence-electron chi connectivity index (χ2n) is 5.75. The number of nitrogens with zero attached hydrogens (tertiary/aromatic N) is 2. The van der Waals surface area contributed by atoms with Crippen LogP contribution in [0.15, 0.2) is 35.3 Å². The summed E-state index contributed by atoms with van der Waals surface area (Å²) in [4.78, 5) is 6.70. The maximum atomic E-state index is 6.08. The van der Waals surface area contributed by atoms with E-state index in [1.165, 1.54) is 5.56 Å². The lowest BCUT2D eigenvalue weighted by molar-refractivity contribution is 0.0830. The topological polar surface area (TPSA) is 50.8 Å². The molecule has 1 aromatic rings. The second kappa shape index (κ2) is 5.83. The molecule has 108 valence electrons. The molecule has 1 fully saturated rings. The molecule has 4 nitrogen and oxygen atoms in total. The predicted octanol–water partition coefficient (Wildman–Crippen LogP) is 1.97. The summed E-state index contributed by atoms with van der Waals surface area (Å²) in [5.74, 6) is 1.09. The van der Waals surface area contributed by atoms with E-state index in [1.807, 2.05) is 0 Å². The van der Waals surface area contributed by atoms with Crippen LogP contribution in [0.2, 0.25) is 0 Å². The molecule has 4 heteroatoms. The highest BCUT2D eigenvalue weighted by Crippen LogP contribution is 2.27. The molecule has 2 heterocycles. The Bertz CT molecular complexity index is 468. The first-order valence-electron chi connectivity index (χ1n) is 7.49. The van der Waals surface area contributed by atoms with Crippen molar-refractivity contribution < 1.29 is 4.74 Å². The van der Waals surface area contributed by atoms with Crippen LogP contribution in [-0.4, -0.2) is 42.7 Å². The lowest BCUT2D eigenvalue weighted by Crippen LogP contribution is -2.46. The van der Waals surface area contributed by atoms with E-state index in [2.05, 4.69) is 47.1 Å². The number of benzene rings is 1. The Morgan fingerprint density at radius 3 is 2.90 bits per heavy atom.